The molecule has 8 nitrogen and oxygen atoms in total. The Morgan fingerprint density at radius 1 is 1.20 bits per heavy atom. The van der Waals surface area contributed by atoms with Crippen molar-refractivity contribution in [1.82, 2.24) is 10.3 Å². The number of amides is 1. The second-order valence-corrected chi connectivity index (χ2v) is 12.5. The van der Waals surface area contributed by atoms with Crippen LogP contribution in [0.15, 0.2) is 35.3 Å². The molecule has 11 heteroatoms. The molecule has 1 fully saturated rings. The Bertz CT molecular complexity index is 1740. The van der Waals surface area contributed by atoms with Crippen molar-refractivity contribution in [2.24, 2.45) is 10.7 Å². The van der Waals surface area contributed by atoms with Gasteiger partial charge >= 0.3 is 19.3 Å². The number of halogens is 2. The van der Waals surface area contributed by atoms with Crippen LogP contribution in [0.4, 0.5) is 14.5 Å². The summed E-state index contributed by atoms with van der Waals surface area (Å²) in [7, 11) is 5.98. The standard InChI is InChI=1S/C36H42F2N4O3.C2H6.CH3BN/c1-8-20(2)27-16-31(42-34(22(27)4)28-13-21(3)29(37)17-30(28)38)23(11-12-36(5,6)44)18-41-35(43)24-14-25(19-40-26-9-10-26)33(39)32(15-24)45-7;1-2;2-1-3/h13-17,19-20,23,26,44H,8-10,18,39H2,1-7H3,(H,41,43);1-2H3;1H,3H2. The van der Waals surface area contributed by atoms with Crippen LogP contribution in [0.2, 0.25) is 0 Å². The minimum atomic E-state index is -1.31. The number of ether oxygens (including phenoxy) is 1. The Morgan fingerprint density at radius 3 is 2.40 bits per heavy atom. The molecule has 1 aliphatic carbocycles. The number of carbonyl (C=O) groups is 1. The number of aryl methyl sites for hydroxylation is 1. The number of nitrogen functional groups attached to an aromatic ring is 1. The number of nitrogens with two attached hydrogens (primary N) is 2. The molecule has 0 saturated heterocycles. The van der Waals surface area contributed by atoms with Crippen molar-refractivity contribution < 1.29 is 23.4 Å². The van der Waals surface area contributed by atoms with Gasteiger partial charge in [-0.05, 0) is 93.8 Å². The zero-order valence-corrected chi connectivity index (χ0v) is 30.7. The molecule has 4 rings (SSSR count). The van der Waals surface area contributed by atoms with Crippen LogP contribution in [0.5, 0.6) is 5.75 Å². The van der Waals surface area contributed by atoms with Gasteiger partial charge < -0.3 is 20.9 Å². The number of pyridine rings is 1. The molecule has 0 spiro atoms. The quantitative estimate of drug-likeness (QED) is 0.0831. The molecule has 0 aliphatic heterocycles. The SMILES string of the molecule is CC.CCC(C)c1cc(C(C#CC(C)(C)O)CNC(=O)c2cc(C=NC3CC3)c(N)c(OC)c2)nc(-c2cc(C)c(F)cc2F)c1C.[B]=CN. The fraction of sp³-hybridized carbons (Fsp3) is 0.436. The van der Waals surface area contributed by atoms with E-state index < -0.39 is 23.2 Å². The van der Waals surface area contributed by atoms with Crippen LogP contribution in [0.1, 0.15) is 111 Å². The normalized spacial score (nSPS) is 13.4. The van der Waals surface area contributed by atoms with Gasteiger partial charge in [-0.3, -0.25) is 14.8 Å². The molecule has 2 unspecified atom stereocenters. The molecule has 1 saturated carbocycles. The van der Waals surface area contributed by atoms with Crippen LogP contribution in [0.3, 0.4) is 0 Å². The fourth-order valence-corrected chi connectivity index (χ4v) is 4.92. The van der Waals surface area contributed by atoms with Gasteiger partial charge in [-0.15, -0.1) is 0 Å². The summed E-state index contributed by atoms with van der Waals surface area (Å²) in [4.78, 5) is 22.8. The summed E-state index contributed by atoms with van der Waals surface area (Å²) >= 11 is 0. The number of hydrogen-bond donors (Lipinski definition) is 4. The van der Waals surface area contributed by atoms with E-state index in [0.29, 0.717) is 39.5 Å². The van der Waals surface area contributed by atoms with Crippen LogP contribution >= 0.6 is 0 Å². The Balaban J connectivity index is 0.00000164. The molecule has 2 atom stereocenters. The van der Waals surface area contributed by atoms with E-state index in [4.69, 9.17) is 15.5 Å². The van der Waals surface area contributed by atoms with Crippen molar-refractivity contribution in [1.29, 1.82) is 0 Å². The molecule has 2 aromatic carbocycles. The summed E-state index contributed by atoms with van der Waals surface area (Å²) in [6, 6.07) is 7.77. The van der Waals surface area contributed by atoms with E-state index in [9.17, 15) is 14.3 Å². The zero-order chi connectivity index (χ0) is 37.8. The second kappa shape index (κ2) is 19.0. The van der Waals surface area contributed by atoms with Gasteiger partial charge in [0.15, 0.2) is 0 Å². The molecule has 1 amide bonds. The Labute approximate surface area is 297 Å². The molecular formula is C39H51BF2N5O3. The van der Waals surface area contributed by atoms with Gasteiger partial charge in [0.1, 0.15) is 23.0 Å². The molecule has 267 valence electrons. The number of aliphatic imine (C=N–C) groups is 1. The number of benzene rings is 2. The molecule has 1 heterocycles. The van der Waals surface area contributed by atoms with Crippen LogP contribution in [0, 0.1) is 37.3 Å². The Hall–Kier alpha value is -4.56. The topological polar surface area (TPSA) is 136 Å². The number of anilines is 1. The minimum absolute atomic E-state index is 0.0421. The monoisotopic (exact) mass is 686 g/mol. The molecule has 1 radical (unpaired) electrons. The molecular weight excluding hydrogens is 635 g/mol. The van der Waals surface area contributed by atoms with Crippen molar-refractivity contribution >= 4 is 31.4 Å². The first-order chi connectivity index (χ1) is 23.6. The van der Waals surface area contributed by atoms with Crippen LogP contribution in [-0.2, 0) is 0 Å². The first kappa shape index (κ1) is 41.6. The number of rotatable bonds is 10. The maximum atomic E-state index is 15.2. The van der Waals surface area contributed by atoms with Gasteiger partial charge in [0.25, 0.3) is 5.91 Å². The first-order valence-electron chi connectivity index (χ1n) is 16.9. The first-order valence-corrected chi connectivity index (χ1v) is 16.9. The van der Waals surface area contributed by atoms with Crippen molar-refractivity contribution in [2.75, 3.05) is 19.4 Å². The summed E-state index contributed by atoms with van der Waals surface area (Å²) in [6.07, 6.45) is 5.55. The van der Waals surface area contributed by atoms with Gasteiger partial charge in [-0.1, -0.05) is 39.5 Å². The molecule has 1 aromatic heterocycles. The third kappa shape index (κ3) is 11.5. The molecule has 50 heavy (non-hydrogen) atoms. The van der Waals surface area contributed by atoms with E-state index in [-0.39, 0.29) is 30.0 Å². The van der Waals surface area contributed by atoms with Crippen LogP contribution < -0.4 is 21.5 Å². The van der Waals surface area contributed by atoms with Crippen molar-refractivity contribution in [3.63, 3.8) is 0 Å². The van der Waals surface area contributed by atoms with Crippen LogP contribution in [-0.4, -0.2) is 61.1 Å². The molecule has 1 aliphatic rings. The number of nitrogens with one attached hydrogen (secondary N) is 1. The Morgan fingerprint density at radius 2 is 1.84 bits per heavy atom. The van der Waals surface area contributed by atoms with Crippen LogP contribution in [0.25, 0.3) is 11.3 Å². The number of carbonyl (C=O) groups excluding carboxylic acids is 1. The van der Waals surface area contributed by atoms with E-state index in [1.807, 2.05) is 26.8 Å². The van der Waals surface area contributed by atoms with E-state index in [0.717, 1.165) is 42.5 Å². The van der Waals surface area contributed by atoms with E-state index >= 15 is 4.39 Å². The average Bonchev–Trinajstić information content (AvgIpc) is 3.91. The van der Waals surface area contributed by atoms with Crippen molar-refractivity contribution in [2.45, 2.75) is 98.1 Å². The zero-order valence-electron chi connectivity index (χ0n) is 30.7. The summed E-state index contributed by atoms with van der Waals surface area (Å²) in [5.41, 5.74) is 13.8. The second-order valence-electron chi connectivity index (χ2n) is 12.5. The van der Waals surface area contributed by atoms with Gasteiger partial charge in [-0.2, -0.15) is 0 Å². The number of nitrogens with zero attached hydrogens (tertiary/aromatic N) is 2. The average molecular weight is 687 g/mol. The fourth-order valence-electron chi connectivity index (χ4n) is 4.92. The summed E-state index contributed by atoms with van der Waals surface area (Å²) < 4.78 is 34.8. The number of aromatic nitrogens is 1. The number of methoxy groups -OCH3 is 1. The predicted octanol–water partition coefficient (Wildman–Crippen LogP) is 6.52. The molecule has 6 N–H and O–H groups in total. The maximum absolute atomic E-state index is 15.2. The van der Waals surface area contributed by atoms with E-state index in [2.05, 4.69) is 49.2 Å². The molecule has 3 aromatic rings. The number of hydrogen-bond acceptors (Lipinski definition) is 7. The van der Waals surface area contributed by atoms with Crippen molar-refractivity contribution in [3.05, 3.63) is 75.5 Å². The summed E-state index contributed by atoms with van der Waals surface area (Å²) in [6.45, 7) is 14.8. The molecule has 0 bridgehead atoms. The number of aliphatic hydroxyl groups is 1. The van der Waals surface area contributed by atoms with Gasteiger partial charge in [0.05, 0.1) is 36.1 Å². The van der Waals surface area contributed by atoms with Crippen molar-refractivity contribution in [3.8, 4) is 28.8 Å². The van der Waals surface area contributed by atoms with Gasteiger partial charge in [0, 0.05) is 35.5 Å². The third-order valence-electron chi connectivity index (χ3n) is 7.98. The van der Waals surface area contributed by atoms with Gasteiger partial charge in [0.2, 0.25) is 0 Å². The van der Waals surface area contributed by atoms with E-state index in [1.165, 1.54) is 13.2 Å². The predicted molar refractivity (Wildman–Crippen MR) is 202 cm³/mol. The third-order valence-corrected chi connectivity index (χ3v) is 7.98. The summed E-state index contributed by atoms with van der Waals surface area (Å²) in [5, 5.41) is 13.4. The summed E-state index contributed by atoms with van der Waals surface area (Å²) in [5.74, 6) is 3.99. The Kier molecular flexibility index (Phi) is 15.8. The van der Waals surface area contributed by atoms with Gasteiger partial charge in [-0.25, -0.2) is 8.78 Å². The van der Waals surface area contributed by atoms with E-state index in [1.54, 1.807) is 39.1 Å².